The van der Waals surface area contributed by atoms with Crippen LogP contribution in [0.2, 0.25) is 0 Å². The molecular formula is C18H19N5O5. The number of hydrogen-bond donors (Lipinski definition) is 3. The zero-order chi connectivity index (χ0) is 19.9. The second-order valence-corrected chi connectivity index (χ2v) is 6.48. The van der Waals surface area contributed by atoms with E-state index in [-0.39, 0.29) is 17.0 Å². The SMILES string of the molecule is CC(=O)[C@@]1(n2cnc3c(N)ncnc32)O[C@H](CO)[C@@H](O)[C@H]1Oc1ccccc1. The topological polar surface area (TPSA) is 146 Å². The number of hydrogen-bond acceptors (Lipinski definition) is 9. The Hall–Kier alpha value is -3.08. The third-order valence-electron chi connectivity index (χ3n) is 4.82. The first-order chi connectivity index (χ1) is 13.5. The van der Waals surface area contributed by atoms with Crippen molar-refractivity contribution >= 4 is 22.8 Å². The van der Waals surface area contributed by atoms with E-state index in [9.17, 15) is 15.0 Å². The summed E-state index contributed by atoms with van der Waals surface area (Å²) in [5, 5.41) is 20.4. The van der Waals surface area contributed by atoms with Crippen LogP contribution >= 0.6 is 0 Å². The van der Waals surface area contributed by atoms with E-state index in [1.165, 1.54) is 24.1 Å². The highest BCUT2D eigenvalue weighted by Gasteiger charge is 2.61. The molecule has 0 bridgehead atoms. The van der Waals surface area contributed by atoms with Gasteiger partial charge in [-0.15, -0.1) is 0 Å². The van der Waals surface area contributed by atoms with Crippen LogP contribution in [-0.4, -0.2) is 60.4 Å². The van der Waals surface area contributed by atoms with Crippen molar-refractivity contribution < 1.29 is 24.5 Å². The fourth-order valence-corrected chi connectivity index (χ4v) is 3.48. The number of aliphatic hydroxyl groups is 2. The van der Waals surface area contributed by atoms with Crippen molar-refractivity contribution in [3.05, 3.63) is 43.0 Å². The largest absolute Gasteiger partial charge is 0.482 e. The molecule has 0 spiro atoms. The van der Waals surface area contributed by atoms with Gasteiger partial charge in [0.25, 0.3) is 0 Å². The average molecular weight is 385 g/mol. The Kier molecular flexibility index (Phi) is 4.46. The molecule has 3 heterocycles. The second-order valence-electron chi connectivity index (χ2n) is 6.48. The van der Waals surface area contributed by atoms with Crippen molar-refractivity contribution in [3.8, 4) is 5.75 Å². The highest BCUT2D eigenvalue weighted by atomic mass is 16.6. The van der Waals surface area contributed by atoms with Crippen molar-refractivity contribution in [2.45, 2.75) is 31.0 Å². The highest BCUT2D eigenvalue weighted by Crippen LogP contribution is 2.40. The number of Topliss-reactive ketones (excluding diaryl/α,β-unsaturated/α-hetero) is 1. The number of nitrogen functional groups attached to an aromatic ring is 1. The van der Waals surface area contributed by atoms with E-state index in [0.717, 1.165) is 0 Å². The Morgan fingerprint density at radius 1 is 1.32 bits per heavy atom. The maximum absolute atomic E-state index is 12.9. The van der Waals surface area contributed by atoms with Gasteiger partial charge in [0.2, 0.25) is 5.72 Å². The summed E-state index contributed by atoms with van der Waals surface area (Å²) in [7, 11) is 0. The Bertz CT molecular complexity index is 1010. The minimum Gasteiger partial charge on any atom is -0.482 e. The summed E-state index contributed by atoms with van der Waals surface area (Å²) in [5.74, 6) is 0.109. The molecule has 1 aliphatic rings. The number of para-hydroxylation sites is 1. The van der Waals surface area contributed by atoms with Crippen molar-refractivity contribution in [3.63, 3.8) is 0 Å². The second kappa shape index (κ2) is 6.82. The number of imidazole rings is 1. The Morgan fingerprint density at radius 3 is 2.75 bits per heavy atom. The van der Waals surface area contributed by atoms with Gasteiger partial charge in [0.1, 0.15) is 36.1 Å². The number of ketones is 1. The number of anilines is 1. The molecule has 146 valence electrons. The first-order valence-electron chi connectivity index (χ1n) is 8.62. The molecule has 0 unspecified atom stereocenters. The lowest BCUT2D eigenvalue weighted by Gasteiger charge is -2.33. The zero-order valence-corrected chi connectivity index (χ0v) is 15.0. The fourth-order valence-electron chi connectivity index (χ4n) is 3.48. The molecule has 3 aromatic rings. The van der Waals surface area contributed by atoms with E-state index in [1.54, 1.807) is 24.3 Å². The van der Waals surface area contributed by atoms with Crippen LogP contribution < -0.4 is 10.5 Å². The van der Waals surface area contributed by atoms with Gasteiger partial charge in [-0.1, -0.05) is 18.2 Å². The Morgan fingerprint density at radius 2 is 2.07 bits per heavy atom. The molecule has 0 saturated carbocycles. The summed E-state index contributed by atoms with van der Waals surface area (Å²) in [6, 6.07) is 8.71. The van der Waals surface area contributed by atoms with Gasteiger partial charge >= 0.3 is 0 Å². The first-order valence-corrected chi connectivity index (χ1v) is 8.62. The predicted molar refractivity (Wildman–Crippen MR) is 97.2 cm³/mol. The Balaban J connectivity index is 1.90. The van der Waals surface area contributed by atoms with Gasteiger partial charge < -0.3 is 25.4 Å². The molecular weight excluding hydrogens is 366 g/mol. The summed E-state index contributed by atoms with van der Waals surface area (Å²) in [5.41, 5.74) is 4.58. The number of carbonyl (C=O) groups is 1. The molecule has 1 saturated heterocycles. The van der Waals surface area contributed by atoms with E-state index in [0.29, 0.717) is 5.75 Å². The molecule has 0 aliphatic carbocycles. The molecule has 10 heteroatoms. The van der Waals surface area contributed by atoms with Crippen LogP contribution in [0.25, 0.3) is 11.2 Å². The molecule has 2 aromatic heterocycles. The van der Waals surface area contributed by atoms with Gasteiger partial charge in [-0.3, -0.25) is 9.36 Å². The van der Waals surface area contributed by atoms with E-state index in [4.69, 9.17) is 15.2 Å². The third kappa shape index (κ3) is 2.61. The number of carbonyl (C=O) groups excluding carboxylic acids is 1. The number of aromatic nitrogens is 4. The number of rotatable bonds is 5. The van der Waals surface area contributed by atoms with Gasteiger partial charge in [-0.05, 0) is 19.1 Å². The van der Waals surface area contributed by atoms with Crippen LogP contribution in [0.3, 0.4) is 0 Å². The fraction of sp³-hybridized carbons (Fsp3) is 0.333. The average Bonchev–Trinajstić information content (AvgIpc) is 3.24. The summed E-state index contributed by atoms with van der Waals surface area (Å²) in [6.45, 7) is 0.804. The lowest BCUT2D eigenvalue weighted by molar-refractivity contribution is -0.169. The molecule has 10 nitrogen and oxygen atoms in total. The van der Waals surface area contributed by atoms with Crippen molar-refractivity contribution in [2.24, 2.45) is 0 Å². The van der Waals surface area contributed by atoms with Gasteiger partial charge in [0, 0.05) is 0 Å². The standard InChI is InChI=1S/C18H19N5O5/c1-10(25)18(23-9-22-13-16(19)20-8-21-17(13)23)15(14(26)12(7-24)28-18)27-11-5-3-2-4-6-11/h2-6,8-9,12,14-15,24,26H,7H2,1H3,(H2,19,20,21)/t12-,14-,15-,18-/m1/s1. The molecule has 1 aliphatic heterocycles. The van der Waals surface area contributed by atoms with E-state index >= 15 is 0 Å². The molecule has 4 N–H and O–H groups in total. The van der Waals surface area contributed by atoms with Crippen molar-refractivity contribution in [1.82, 2.24) is 19.5 Å². The number of aliphatic hydroxyl groups excluding tert-OH is 2. The highest BCUT2D eigenvalue weighted by molar-refractivity contribution is 5.88. The molecule has 0 amide bonds. The predicted octanol–water partition coefficient (Wildman–Crippen LogP) is -0.150. The lowest BCUT2D eigenvalue weighted by Crippen LogP contribution is -2.53. The minimum atomic E-state index is -1.81. The summed E-state index contributed by atoms with van der Waals surface area (Å²) in [6.07, 6.45) is -0.922. The smallest absolute Gasteiger partial charge is 0.247 e. The van der Waals surface area contributed by atoms with Crippen LogP contribution in [0.15, 0.2) is 43.0 Å². The maximum atomic E-state index is 12.9. The molecule has 4 rings (SSSR count). The lowest BCUT2D eigenvalue weighted by atomic mass is 9.98. The zero-order valence-electron chi connectivity index (χ0n) is 15.0. The maximum Gasteiger partial charge on any atom is 0.247 e. The number of benzene rings is 1. The van der Waals surface area contributed by atoms with Gasteiger partial charge in [-0.2, -0.15) is 0 Å². The van der Waals surface area contributed by atoms with E-state index in [1.807, 2.05) is 6.07 Å². The molecule has 1 aromatic carbocycles. The quantitative estimate of drug-likeness (QED) is 0.546. The van der Waals surface area contributed by atoms with E-state index in [2.05, 4.69) is 15.0 Å². The van der Waals surface area contributed by atoms with Crippen molar-refractivity contribution in [2.75, 3.05) is 12.3 Å². The molecule has 4 atom stereocenters. The molecule has 1 fully saturated rings. The summed E-state index contributed by atoms with van der Waals surface area (Å²) in [4.78, 5) is 25.1. The third-order valence-corrected chi connectivity index (χ3v) is 4.82. The van der Waals surface area contributed by atoms with Crippen LogP contribution in [0.5, 0.6) is 5.75 Å². The van der Waals surface area contributed by atoms with E-state index < -0.39 is 36.4 Å². The summed E-state index contributed by atoms with van der Waals surface area (Å²) < 4.78 is 13.2. The number of nitrogens with zero attached hydrogens (tertiary/aromatic N) is 4. The van der Waals surface area contributed by atoms with Crippen LogP contribution in [-0.2, 0) is 15.3 Å². The van der Waals surface area contributed by atoms with Crippen LogP contribution in [0, 0.1) is 0 Å². The Labute approximate surface area is 159 Å². The first kappa shape index (κ1) is 18.3. The monoisotopic (exact) mass is 385 g/mol. The van der Waals surface area contributed by atoms with Crippen molar-refractivity contribution in [1.29, 1.82) is 0 Å². The van der Waals surface area contributed by atoms with Crippen LogP contribution in [0.1, 0.15) is 6.92 Å². The minimum absolute atomic E-state index is 0.139. The van der Waals surface area contributed by atoms with Gasteiger partial charge in [-0.25, -0.2) is 15.0 Å². The number of fused-ring (bicyclic) bond motifs is 1. The van der Waals surface area contributed by atoms with Gasteiger partial charge in [0.15, 0.2) is 23.4 Å². The number of ether oxygens (including phenoxy) is 2. The molecule has 28 heavy (non-hydrogen) atoms. The van der Waals surface area contributed by atoms with Gasteiger partial charge in [0.05, 0.1) is 6.61 Å². The normalized spacial score (nSPS) is 27.2. The molecule has 0 radical (unpaired) electrons. The van der Waals surface area contributed by atoms with Crippen LogP contribution in [0.4, 0.5) is 5.82 Å². The summed E-state index contributed by atoms with van der Waals surface area (Å²) >= 11 is 0. The number of nitrogens with two attached hydrogens (primary N) is 1.